The zero-order valence-corrected chi connectivity index (χ0v) is 17.1. The van der Waals surface area contributed by atoms with Crippen LogP contribution in [0.2, 0.25) is 0 Å². The van der Waals surface area contributed by atoms with E-state index in [1.807, 2.05) is 6.92 Å². The molecule has 0 radical (unpaired) electrons. The molecule has 1 aromatic rings. The van der Waals surface area contributed by atoms with E-state index in [1.54, 1.807) is 25.1 Å². The van der Waals surface area contributed by atoms with E-state index in [2.05, 4.69) is 10.6 Å². The second-order valence-electron chi connectivity index (χ2n) is 7.67. The highest BCUT2D eigenvalue weighted by atomic mass is 16.2. The average molecular weight is 414 g/mol. The highest BCUT2D eigenvalue weighted by Crippen LogP contribution is 2.31. The molecular formula is C21H26N4O5. The summed E-state index contributed by atoms with van der Waals surface area (Å²) in [5.41, 5.74) is 0.725. The summed E-state index contributed by atoms with van der Waals surface area (Å²) in [6.45, 7) is 3.67. The number of hydrogen-bond donors (Lipinski definition) is 2. The quantitative estimate of drug-likeness (QED) is 0.543. The summed E-state index contributed by atoms with van der Waals surface area (Å²) >= 11 is 0. The molecule has 2 atom stereocenters. The molecular weight excluding hydrogens is 388 g/mol. The van der Waals surface area contributed by atoms with Crippen molar-refractivity contribution in [3.8, 4) is 0 Å². The molecule has 2 fully saturated rings. The number of nitrogens with one attached hydrogen (secondary N) is 2. The van der Waals surface area contributed by atoms with Crippen LogP contribution in [0.15, 0.2) is 24.3 Å². The van der Waals surface area contributed by atoms with Gasteiger partial charge >= 0.3 is 17.8 Å². The van der Waals surface area contributed by atoms with Gasteiger partial charge in [0.15, 0.2) is 0 Å². The van der Waals surface area contributed by atoms with Gasteiger partial charge in [0.1, 0.15) is 6.54 Å². The fourth-order valence-corrected chi connectivity index (χ4v) is 3.98. The smallest absolute Gasteiger partial charge is 0.334 e. The molecule has 2 N–H and O–H groups in total. The molecule has 1 heterocycles. The zero-order valence-electron chi connectivity index (χ0n) is 17.1. The van der Waals surface area contributed by atoms with Crippen LogP contribution in [0.1, 0.15) is 49.9 Å². The maximum absolute atomic E-state index is 12.8. The van der Waals surface area contributed by atoms with Gasteiger partial charge in [-0.15, -0.1) is 0 Å². The first kappa shape index (κ1) is 21.5. The Hall–Kier alpha value is -3.23. The minimum Gasteiger partial charge on any atom is -0.352 e. The van der Waals surface area contributed by atoms with Gasteiger partial charge in [-0.05, 0) is 43.9 Å². The number of carbonyl (C=O) groups is 5. The van der Waals surface area contributed by atoms with E-state index in [4.69, 9.17) is 0 Å². The lowest BCUT2D eigenvalue weighted by atomic mass is 9.85. The zero-order chi connectivity index (χ0) is 21.8. The van der Waals surface area contributed by atoms with Gasteiger partial charge in [-0.25, -0.2) is 9.69 Å². The van der Waals surface area contributed by atoms with Gasteiger partial charge < -0.3 is 10.6 Å². The molecule has 1 aromatic carbocycles. The number of rotatable bonds is 6. The molecule has 6 amide bonds. The van der Waals surface area contributed by atoms with E-state index in [9.17, 15) is 24.0 Å². The summed E-state index contributed by atoms with van der Waals surface area (Å²) < 4.78 is 0. The van der Waals surface area contributed by atoms with Crippen LogP contribution in [-0.4, -0.2) is 58.6 Å². The first-order valence-corrected chi connectivity index (χ1v) is 10.2. The summed E-state index contributed by atoms with van der Waals surface area (Å²) in [5.74, 6) is -2.64. The number of nitrogens with zero attached hydrogens (tertiary/aromatic N) is 2. The van der Waals surface area contributed by atoms with E-state index in [-0.39, 0.29) is 17.9 Å². The van der Waals surface area contributed by atoms with Crippen LogP contribution in [0.3, 0.4) is 0 Å². The highest BCUT2D eigenvalue weighted by molar-refractivity contribution is 6.45. The van der Waals surface area contributed by atoms with Crippen LogP contribution >= 0.6 is 0 Å². The monoisotopic (exact) mass is 414 g/mol. The van der Waals surface area contributed by atoms with E-state index in [0.29, 0.717) is 29.1 Å². The third-order valence-corrected chi connectivity index (χ3v) is 5.53. The summed E-state index contributed by atoms with van der Waals surface area (Å²) in [6.07, 6.45) is 3.48. The number of benzene rings is 1. The van der Waals surface area contributed by atoms with Crippen LogP contribution in [-0.2, 0) is 14.4 Å². The topological polar surface area (TPSA) is 116 Å². The van der Waals surface area contributed by atoms with Crippen molar-refractivity contribution in [2.75, 3.05) is 18.4 Å². The molecule has 1 aliphatic heterocycles. The molecule has 9 heteroatoms. The Balaban J connectivity index is 1.67. The molecule has 3 rings (SSSR count). The van der Waals surface area contributed by atoms with Gasteiger partial charge in [0.05, 0.1) is 0 Å². The van der Waals surface area contributed by atoms with Crippen molar-refractivity contribution >= 4 is 35.3 Å². The van der Waals surface area contributed by atoms with E-state index in [0.717, 1.165) is 24.2 Å². The van der Waals surface area contributed by atoms with Crippen molar-refractivity contribution in [1.29, 1.82) is 0 Å². The van der Waals surface area contributed by atoms with Gasteiger partial charge in [-0.3, -0.25) is 24.1 Å². The van der Waals surface area contributed by atoms with Crippen LogP contribution in [0.25, 0.3) is 0 Å². The third-order valence-electron chi connectivity index (χ3n) is 5.53. The van der Waals surface area contributed by atoms with Gasteiger partial charge in [0, 0.05) is 23.8 Å². The second-order valence-corrected chi connectivity index (χ2v) is 7.67. The first-order chi connectivity index (χ1) is 14.3. The predicted molar refractivity (Wildman–Crippen MR) is 108 cm³/mol. The number of anilines is 1. The van der Waals surface area contributed by atoms with Crippen molar-refractivity contribution in [3.05, 3.63) is 29.8 Å². The van der Waals surface area contributed by atoms with Crippen LogP contribution in [0, 0.1) is 5.92 Å². The molecule has 9 nitrogen and oxygen atoms in total. The van der Waals surface area contributed by atoms with Crippen molar-refractivity contribution in [3.63, 3.8) is 0 Å². The lowest BCUT2D eigenvalue weighted by Gasteiger charge is -2.34. The standard InChI is InChI=1S/C21H26N4O5/c1-3-22-18(27)14-8-6-9-15(11-14)23-17(26)12-24-19(28)20(29)25(21(24)30)16-10-5-4-7-13(16)2/h6,8-9,11,13,16H,3-5,7,10,12H2,1-2H3,(H,22,27)(H,23,26)/t13-,16+/m1/s1. The highest BCUT2D eigenvalue weighted by Gasteiger charge is 2.49. The molecule has 1 saturated carbocycles. The Morgan fingerprint density at radius 1 is 1.10 bits per heavy atom. The summed E-state index contributed by atoms with van der Waals surface area (Å²) in [7, 11) is 0. The number of imide groups is 2. The number of urea groups is 1. The maximum atomic E-state index is 12.8. The lowest BCUT2D eigenvalue weighted by Crippen LogP contribution is -2.46. The van der Waals surface area contributed by atoms with Gasteiger partial charge in [-0.2, -0.15) is 0 Å². The molecule has 30 heavy (non-hydrogen) atoms. The van der Waals surface area contributed by atoms with Crippen molar-refractivity contribution < 1.29 is 24.0 Å². The van der Waals surface area contributed by atoms with Gasteiger partial charge in [0.2, 0.25) is 5.91 Å². The van der Waals surface area contributed by atoms with Crippen molar-refractivity contribution in [1.82, 2.24) is 15.1 Å². The Morgan fingerprint density at radius 2 is 1.83 bits per heavy atom. The molecule has 0 unspecified atom stereocenters. The number of amides is 6. The fraction of sp³-hybridized carbons (Fsp3) is 0.476. The van der Waals surface area contributed by atoms with E-state index >= 15 is 0 Å². The summed E-state index contributed by atoms with van der Waals surface area (Å²) in [5, 5.41) is 5.24. The molecule has 0 bridgehead atoms. The Bertz CT molecular complexity index is 884. The molecule has 1 aliphatic carbocycles. The van der Waals surface area contributed by atoms with Crippen LogP contribution in [0.4, 0.5) is 10.5 Å². The minimum atomic E-state index is -0.982. The second kappa shape index (κ2) is 9.06. The maximum Gasteiger partial charge on any atom is 0.334 e. The molecule has 1 saturated heterocycles. The van der Waals surface area contributed by atoms with E-state index < -0.39 is 30.3 Å². The Labute approximate surface area is 174 Å². The van der Waals surface area contributed by atoms with Gasteiger partial charge in [-0.1, -0.05) is 25.8 Å². The van der Waals surface area contributed by atoms with Gasteiger partial charge in [0.25, 0.3) is 5.91 Å². The normalized spacial score (nSPS) is 21.7. The third kappa shape index (κ3) is 4.34. The molecule has 2 aliphatic rings. The average Bonchev–Trinajstić information content (AvgIpc) is 2.92. The predicted octanol–water partition coefficient (Wildman–Crippen LogP) is 1.74. The molecule has 160 valence electrons. The largest absolute Gasteiger partial charge is 0.352 e. The minimum absolute atomic E-state index is 0.116. The van der Waals surface area contributed by atoms with E-state index in [1.165, 1.54) is 6.07 Å². The summed E-state index contributed by atoms with van der Waals surface area (Å²) in [6, 6.07) is 5.25. The van der Waals surface area contributed by atoms with Crippen LogP contribution in [0.5, 0.6) is 0 Å². The SMILES string of the molecule is CCNC(=O)c1cccc(NC(=O)CN2C(=O)C(=O)N([C@H]3CCCC[C@H]3C)C2=O)c1. The Morgan fingerprint density at radius 3 is 2.53 bits per heavy atom. The molecule has 0 aromatic heterocycles. The number of hydrogen-bond acceptors (Lipinski definition) is 5. The van der Waals surface area contributed by atoms with Crippen LogP contribution < -0.4 is 10.6 Å². The van der Waals surface area contributed by atoms with Crippen molar-refractivity contribution in [2.24, 2.45) is 5.92 Å². The number of carbonyl (C=O) groups excluding carboxylic acids is 5. The lowest BCUT2D eigenvalue weighted by molar-refractivity contribution is -0.145. The van der Waals surface area contributed by atoms with Crippen molar-refractivity contribution in [2.45, 2.75) is 45.6 Å². The summed E-state index contributed by atoms with van der Waals surface area (Å²) in [4.78, 5) is 63.6. The molecule has 0 spiro atoms. The first-order valence-electron chi connectivity index (χ1n) is 10.2. The Kier molecular flexibility index (Phi) is 6.49. The fourth-order valence-electron chi connectivity index (χ4n) is 3.98.